The lowest BCUT2D eigenvalue weighted by Crippen LogP contribution is -2.26. The van der Waals surface area contributed by atoms with Gasteiger partial charge in [0.15, 0.2) is 16.7 Å². The lowest BCUT2D eigenvalue weighted by atomic mass is 9.91. The third kappa shape index (κ3) is 4.96. The molecular formula is C21H21NO3S2. The molecule has 0 bridgehead atoms. The molecule has 1 aromatic heterocycles. The average molecular weight is 400 g/mol. The molecule has 0 atom stereocenters. The molecule has 2 aromatic carbocycles. The summed E-state index contributed by atoms with van der Waals surface area (Å²) in [6.45, 7) is 5.23. The summed E-state index contributed by atoms with van der Waals surface area (Å²) in [6.07, 6.45) is 0. The quantitative estimate of drug-likeness (QED) is 0.412. The minimum atomic E-state index is -0.525. The van der Waals surface area contributed by atoms with Crippen molar-refractivity contribution in [2.75, 3.05) is 6.61 Å². The number of aromatic nitrogens is 1. The first-order chi connectivity index (χ1) is 12.8. The number of benzene rings is 2. The number of rotatable bonds is 6. The summed E-state index contributed by atoms with van der Waals surface area (Å²) in [7, 11) is 0. The first kappa shape index (κ1) is 19.6. The summed E-state index contributed by atoms with van der Waals surface area (Å²) in [5.41, 5.74) is 1.82. The van der Waals surface area contributed by atoms with Crippen LogP contribution < -0.4 is 0 Å². The first-order valence-corrected chi connectivity index (χ1v) is 10.4. The molecule has 0 aliphatic carbocycles. The van der Waals surface area contributed by atoms with Crippen LogP contribution in [0.15, 0.2) is 52.9 Å². The maximum absolute atomic E-state index is 12.5. The number of ether oxygens (including phenoxy) is 1. The van der Waals surface area contributed by atoms with Gasteiger partial charge >= 0.3 is 5.97 Å². The number of hydrogen-bond acceptors (Lipinski definition) is 6. The Hall–Kier alpha value is -2.18. The SMILES string of the molecule is CC(C)(C)C(=O)COC(=O)c1ccccc1CSc1nc2ccccc2s1. The van der Waals surface area contributed by atoms with Crippen LogP contribution in [0.2, 0.25) is 0 Å². The number of para-hydroxylation sites is 1. The second-order valence-corrected chi connectivity index (χ2v) is 9.40. The zero-order valence-corrected chi connectivity index (χ0v) is 17.2. The van der Waals surface area contributed by atoms with Crippen molar-refractivity contribution in [2.24, 2.45) is 5.41 Å². The molecule has 0 aliphatic rings. The number of ketones is 1. The molecule has 0 radical (unpaired) electrons. The second kappa shape index (κ2) is 8.23. The van der Waals surface area contributed by atoms with Crippen LogP contribution in [-0.2, 0) is 15.3 Å². The predicted octanol–water partition coefficient (Wildman–Crippen LogP) is 5.36. The highest BCUT2D eigenvalue weighted by Gasteiger charge is 2.23. The zero-order chi connectivity index (χ0) is 19.4. The Morgan fingerprint density at radius 1 is 1.07 bits per heavy atom. The van der Waals surface area contributed by atoms with Crippen molar-refractivity contribution >= 4 is 45.1 Å². The summed E-state index contributed by atoms with van der Waals surface area (Å²) in [5, 5.41) is 0. The number of thiazole rings is 1. The molecule has 0 spiro atoms. The van der Waals surface area contributed by atoms with Crippen molar-refractivity contribution < 1.29 is 14.3 Å². The zero-order valence-electron chi connectivity index (χ0n) is 15.5. The lowest BCUT2D eigenvalue weighted by Gasteiger charge is -2.16. The largest absolute Gasteiger partial charge is 0.454 e. The maximum atomic E-state index is 12.5. The van der Waals surface area contributed by atoms with E-state index < -0.39 is 11.4 Å². The fourth-order valence-electron chi connectivity index (χ4n) is 2.32. The fraction of sp³-hybridized carbons (Fsp3) is 0.286. The molecule has 1 heterocycles. The summed E-state index contributed by atoms with van der Waals surface area (Å²) < 4.78 is 7.35. The Labute approximate surface area is 167 Å². The first-order valence-electron chi connectivity index (χ1n) is 8.61. The molecule has 0 aliphatic heterocycles. The number of carbonyl (C=O) groups is 2. The van der Waals surface area contributed by atoms with Crippen LogP contribution in [0.1, 0.15) is 36.7 Å². The van der Waals surface area contributed by atoms with Crippen LogP contribution in [-0.4, -0.2) is 23.3 Å². The number of carbonyl (C=O) groups excluding carboxylic acids is 2. The van der Waals surface area contributed by atoms with Gasteiger partial charge in [0.2, 0.25) is 0 Å². The number of nitrogens with zero attached hydrogens (tertiary/aromatic N) is 1. The number of Topliss-reactive ketones (excluding diaryl/α,β-unsaturated/α-hetero) is 1. The third-order valence-electron chi connectivity index (χ3n) is 4.03. The van der Waals surface area contributed by atoms with Crippen LogP contribution in [0.4, 0.5) is 0 Å². The summed E-state index contributed by atoms with van der Waals surface area (Å²) in [5.74, 6) is 0.0449. The number of esters is 1. The van der Waals surface area contributed by atoms with Crippen molar-refractivity contribution in [3.8, 4) is 0 Å². The molecule has 6 heteroatoms. The van der Waals surface area contributed by atoms with Gasteiger partial charge in [-0.05, 0) is 23.8 Å². The maximum Gasteiger partial charge on any atom is 0.338 e. The van der Waals surface area contributed by atoms with Gasteiger partial charge in [-0.1, -0.05) is 62.9 Å². The normalized spacial score (nSPS) is 11.5. The van der Waals surface area contributed by atoms with E-state index in [4.69, 9.17) is 4.74 Å². The molecule has 0 unspecified atom stereocenters. The standard InChI is InChI=1S/C21H21NO3S2/c1-21(2,3)18(23)12-25-19(24)15-9-5-4-8-14(15)13-26-20-22-16-10-6-7-11-17(16)27-20/h4-11H,12-13H2,1-3H3. The summed E-state index contributed by atoms with van der Waals surface area (Å²) in [4.78, 5) is 29.1. The molecular weight excluding hydrogens is 378 g/mol. The van der Waals surface area contributed by atoms with Crippen molar-refractivity contribution in [3.63, 3.8) is 0 Å². The minimum absolute atomic E-state index is 0.0998. The molecule has 0 saturated heterocycles. The monoisotopic (exact) mass is 399 g/mol. The highest BCUT2D eigenvalue weighted by atomic mass is 32.2. The smallest absolute Gasteiger partial charge is 0.338 e. The van der Waals surface area contributed by atoms with E-state index in [1.165, 1.54) is 0 Å². The van der Waals surface area contributed by atoms with Gasteiger partial charge in [-0.2, -0.15) is 0 Å². The molecule has 0 amide bonds. The average Bonchev–Trinajstić information content (AvgIpc) is 3.06. The molecule has 0 fully saturated rings. The Kier molecular flexibility index (Phi) is 5.97. The predicted molar refractivity (Wildman–Crippen MR) is 110 cm³/mol. The Bertz CT molecular complexity index is 940. The van der Waals surface area contributed by atoms with Gasteiger partial charge in [0.05, 0.1) is 15.8 Å². The van der Waals surface area contributed by atoms with Crippen molar-refractivity contribution in [3.05, 3.63) is 59.7 Å². The van der Waals surface area contributed by atoms with Crippen LogP contribution in [0.25, 0.3) is 10.2 Å². The van der Waals surface area contributed by atoms with Crippen molar-refractivity contribution in [1.82, 2.24) is 4.98 Å². The Morgan fingerprint density at radius 2 is 1.78 bits per heavy atom. The number of hydrogen-bond donors (Lipinski definition) is 0. The van der Waals surface area contributed by atoms with E-state index >= 15 is 0 Å². The summed E-state index contributed by atoms with van der Waals surface area (Å²) in [6, 6.07) is 15.3. The van der Waals surface area contributed by atoms with Crippen molar-refractivity contribution in [1.29, 1.82) is 0 Å². The van der Waals surface area contributed by atoms with Gasteiger partial charge in [0, 0.05) is 11.2 Å². The molecule has 27 heavy (non-hydrogen) atoms. The van der Waals surface area contributed by atoms with Crippen LogP contribution in [0, 0.1) is 5.41 Å². The summed E-state index contributed by atoms with van der Waals surface area (Å²) >= 11 is 3.23. The van der Waals surface area contributed by atoms with Crippen LogP contribution in [0.5, 0.6) is 0 Å². The van der Waals surface area contributed by atoms with E-state index in [9.17, 15) is 9.59 Å². The molecule has 3 aromatic rings. The van der Waals surface area contributed by atoms with Gasteiger partial charge in [-0.15, -0.1) is 11.3 Å². The highest BCUT2D eigenvalue weighted by molar-refractivity contribution is 8.00. The molecule has 3 rings (SSSR count). The topological polar surface area (TPSA) is 56.3 Å². The van der Waals surface area contributed by atoms with Gasteiger partial charge in [0.1, 0.15) is 0 Å². The van der Waals surface area contributed by atoms with Crippen LogP contribution in [0.3, 0.4) is 0 Å². The van der Waals surface area contributed by atoms with Gasteiger partial charge < -0.3 is 4.74 Å². The Morgan fingerprint density at radius 3 is 2.52 bits per heavy atom. The van der Waals surface area contributed by atoms with Gasteiger partial charge in [-0.25, -0.2) is 9.78 Å². The number of fused-ring (bicyclic) bond motifs is 1. The molecule has 0 N–H and O–H groups in total. The van der Waals surface area contributed by atoms with E-state index in [0.29, 0.717) is 11.3 Å². The van der Waals surface area contributed by atoms with Gasteiger partial charge in [-0.3, -0.25) is 4.79 Å². The van der Waals surface area contributed by atoms with E-state index in [-0.39, 0.29) is 12.4 Å². The van der Waals surface area contributed by atoms with E-state index in [0.717, 1.165) is 20.1 Å². The van der Waals surface area contributed by atoms with E-state index in [1.807, 2.05) is 51.1 Å². The Balaban J connectivity index is 1.68. The fourth-order valence-corrected chi connectivity index (χ4v) is 4.40. The lowest BCUT2D eigenvalue weighted by molar-refractivity contribution is -0.129. The third-order valence-corrected chi connectivity index (χ3v) is 6.26. The van der Waals surface area contributed by atoms with Crippen molar-refractivity contribution in [2.45, 2.75) is 30.9 Å². The molecule has 0 saturated carbocycles. The molecule has 4 nitrogen and oxygen atoms in total. The van der Waals surface area contributed by atoms with E-state index in [2.05, 4.69) is 11.1 Å². The van der Waals surface area contributed by atoms with Gasteiger partial charge in [0.25, 0.3) is 0 Å². The minimum Gasteiger partial charge on any atom is -0.454 e. The number of thioether (sulfide) groups is 1. The highest BCUT2D eigenvalue weighted by Crippen LogP contribution is 2.32. The second-order valence-electron chi connectivity index (χ2n) is 7.14. The molecule has 140 valence electrons. The van der Waals surface area contributed by atoms with E-state index in [1.54, 1.807) is 35.2 Å². The van der Waals surface area contributed by atoms with Crippen LogP contribution >= 0.6 is 23.1 Å².